The lowest BCUT2D eigenvalue weighted by molar-refractivity contribution is 0.0270. The van der Waals surface area contributed by atoms with Crippen LogP contribution in [0.15, 0.2) is 12.4 Å². The van der Waals surface area contributed by atoms with Crippen LogP contribution < -0.4 is 4.74 Å². The van der Waals surface area contributed by atoms with Crippen LogP contribution in [0.5, 0.6) is 5.88 Å². The Morgan fingerprint density at radius 2 is 2.11 bits per heavy atom. The van der Waals surface area contributed by atoms with Crippen molar-refractivity contribution in [2.24, 2.45) is 16.7 Å². The summed E-state index contributed by atoms with van der Waals surface area (Å²) in [5.41, 5.74) is 1.40. The van der Waals surface area contributed by atoms with Gasteiger partial charge in [-0.25, -0.2) is 4.98 Å². The van der Waals surface area contributed by atoms with Crippen molar-refractivity contribution in [3.63, 3.8) is 0 Å². The van der Waals surface area contributed by atoms with Gasteiger partial charge < -0.3 is 4.74 Å². The van der Waals surface area contributed by atoms with Gasteiger partial charge >= 0.3 is 0 Å². The summed E-state index contributed by atoms with van der Waals surface area (Å²) in [6.45, 7) is 7.14. The summed E-state index contributed by atoms with van der Waals surface area (Å²) in [6.07, 6.45) is 7.38. The highest BCUT2D eigenvalue weighted by atomic mass is 35.5. The fourth-order valence-electron chi connectivity index (χ4n) is 3.93. The zero-order valence-electron chi connectivity index (χ0n) is 11.8. The largest absolute Gasteiger partial charge is 0.473 e. The second-order valence-corrected chi connectivity index (χ2v) is 6.96. The van der Waals surface area contributed by atoms with Gasteiger partial charge in [0.05, 0.1) is 24.0 Å². The monoisotopic (exact) mass is 280 g/mol. The molecular formula is C15H21ClN2O. The molecule has 2 aliphatic carbocycles. The molecule has 1 aromatic heterocycles. The minimum Gasteiger partial charge on any atom is -0.473 e. The molecule has 2 fully saturated rings. The van der Waals surface area contributed by atoms with E-state index < -0.39 is 0 Å². The van der Waals surface area contributed by atoms with E-state index in [1.54, 1.807) is 12.4 Å². The second-order valence-electron chi connectivity index (χ2n) is 6.70. The van der Waals surface area contributed by atoms with E-state index in [2.05, 4.69) is 30.7 Å². The molecule has 0 N–H and O–H groups in total. The summed E-state index contributed by atoms with van der Waals surface area (Å²) in [4.78, 5) is 8.55. The molecule has 2 bridgehead atoms. The summed E-state index contributed by atoms with van der Waals surface area (Å²) in [6, 6.07) is 0. The van der Waals surface area contributed by atoms with E-state index in [1.807, 2.05) is 0 Å². The second kappa shape index (κ2) is 4.34. The van der Waals surface area contributed by atoms with Crippen molar-refractivity contribution >= 4 is 11.6 Å². The predicted octanol–water partition coefficient (Wildman–Crippen LogP) is 3.81. The van der Waals surface area contributed by atoms with E-state index in [0.29, 0.717) is 17.2 Å². The minimum absolute atomic E-state index is 0.254. The highest BCUT2D eigenvalue weighted by molar-refractivity contribution is 6.16. The molecule has 4 heteroatoms. The zero-order chi connectivity index (χ0) is 13.7. The van der Waals surface area contributed by atoms with Crippen LogP contribution in [0.3, 0.4) is 0 Å². The van der Waals surface area contributed by atoms with E-state index in [4.69, 9.17) is 16.3 Å². The maximum Gasteiger partial charge on any atom is 0.232 e. The molecule has 0 aliphatic heterocycles. The molecule has 0 aromatic carbocycles. The van der Waals surface area contributed by atoms with Gasteiger partial charge in [0.1, 0.15) is 6.10 Å². The molecule has 104 valence electrons. The normalized spacial score (nSPS) is 35.6. The first kappa shape index (κ1) is 13.2. The Bertz CT molecular complexity index is 474. The number of hydrogen-bond donors (Lipinski definition) is 0. The van der Waals surface area contributed by atoms with E-state index in [-0.39, 0.29) is 11.5 Å². The highest BCUT2D eigenvalue weighted by Crippen LogP contribution is 2.66. The molecular weight excluding hydrogens is 260 g/mol. The van der Waals surface area contributed by atoms with Crippen LogP contribution in [0, 0.1) is 16.7 Å². The zero-order valence-corrected chi connectivity index (χ0v) is 12.6. The Labute approximate surface area is 119 Å². The van der Waals surface area contributed by atoms with Crippen LogP contribution in [0.4, 0.5) is 0 Å². The molecule has 3 nitrogen and oxygen atoms in total. The lowest BCUT2D eigenvalue weighted by Crippen LogP contribution is -2.39. The van der Waals surface area contributed by atoms with Gasteiger partial charge in [-0.15, -0.1) is 11.6 Å². The quantitative estimate of drug-likeness (QED) is 0.790. The molecule has 2 saturated carbocycles. The van der Waals surface area contributed by atoms with E-state index >= 15 is 0 Å². The van der Waals surface area contributed by atoms with Gasteiger partial charge in [-0.1, -0.05) is 20.8 Å². The molecule has 0 amide bonds. The summed E-state index contributed by atoms with van der Waals surface area (Å²) in [7, 11) is 0. The lowest BCUT2D eigenvalue weighted by atomic mass is 9.70. The number of rotatable bonds is 3. The van der Waals surface area contributed by atoms with Crippen molar-refractivity contribution in [2.45, 2.75) is 52.0 Å². The van der Waals surface area contributed by atoms with Gasteiger partial charge in [0.2, 0.25) is 5.88 Å². The number of hydrogen-bond acceptors (Lipinski definition) is 3. The molecule has 3 rings (SSSR count). The smallest absolute Gasteiger partial charge is 0.232 e. The first-order valence-electron chi connectivity index (χ1n) is 7.01. The number of nitrogens with zero attached hydrogens (tertiary/aromatic N) is 2. The van der Waals surface area contributed by atoms with Gasteiger partial charge in [0.25, 0.3) is 0 Å². The van der Waals surface area contributed by atoms with Crippen molar-refractivity contribution in [1.29, 1.82) is 0 Å². The average Bonchev–Trinajstić information content (AvgIpc) is 2.73. The Balaban J connectivity index is 1.78. The molecule has 2 aliphatic rings. The van der Waals surface area contributed by atoms with Crippen molar-refractivity contribution in [3.05, 3.63) is 18.1 Å². The summed E-state index contributed by atoms with van der Waals surface area (Å²) in [5.74, 6) is 1.80. The fourth-order valence-corrected chi connectivity index (χ4v) is 4.07. The SMILES string of the molecule is CC1(C)C2CCC1(C)C(Oc1cnc(CCl)cn1)C2. The molecule has 1 heterocycles. The first-order chi connectivity index (χ1) is 8.97. The molecule has 0 saturated heterocycles. The topological polar surface area (TPSA) is 35.0 Å². The predicted molar refractivity (Wildman–Crippen MR) is 75.2 cm³/mol. The van der Waals surface area contributed by atoms with Gasteiger partial charge in [0.15, 0.2) is 0 Å². The number of alkyl halides is 1. The molecule has 3 atom stereocenters. The third-order valence-corrected chi connectivity index (χ3v) is 6.07. The van der Waals surface area contributed by atoms with E-state index in [0.717, 1.165) is 18.0 Å². The fraction of sp³-hybridized carbons (Fsp3) is 0.733. The lowest BCUT2D eigenvalue weighted by Gasteiger charge is -2.38. The Morgan fingerprint density at radius 1 is 1.32 bits per heavy atom. The van der Waals surface area contributed by atoms with Crippen LogP contribution >= 0.6 is 11.6 Å². The Morgan fingerprint density at radius 3 is 2.58 bits per heavy atom. The third kappa shape index (κ3) is 1.85. The van der Waals surface area contributed by atoms with Crippen LogP contribution in [0.1, 0.15) is 45.7 Å². The van der Waals surface area contributed by atoms with E-state index in [1.165, 1.54) is 12.8 Å². The van der Waals surface area contributed by atoms with Gasteiger partial charge in [-0.3, -0.25) is 4.98 Å². The maximum absolute atomic E-state index is 6.13. The number of ether oxygens (including phenoxy) is 1. The molecule has 3 unspecified atom stereocenters. The number of aromatic nitrogens is 2. The minimum atomic E-state index is 0.254. The molecule has 0 spiro atoms. The van der Waals surface area contributed by atoms with Crippen LogP contribution in [-0.2, 0) is 5.88 Å². The average molecular weight is 281 g/mol. The van der Waals surface area contributed by atoms with E-state index in [9.17, 15) is 0 Å². The van der Waals surface area contributed by atoms with Crippen molar-refractivity contribution in [1.82, 2.24) is 9.97 Å². The summed E-state index contributed by atoms with van der Waals surface area (Å²) in [5, 5.41) is 0. The highest BCUT2D eigenvalue weighted by Gasteiger charge is 2.62. The Kier molecular flexibility index (Phi) is 3.01. The van der Waals surface area contributed by atoms with Gasteiger partial charge in [-0.05, 0) is 30.6 Å². The number of halogens is 1. The summed E-state index contributed by atoms with van der Waals surface area (Å²) >= 11 is 5.72. The van der Waals surface area contributed by atoms with Crippen molar-refractivity contribution in [2.75, 3.05) is 0 Å². The van der Waals surface area contributed by atoms with Gasteiger partial charge in [-0.2, -0.15) is 0 Å². The van der Waals surface area contributed by atoms with Crippen molar-refractivity contribution < 1.29 is 4.74 Å². The van der Waals surface area contributed by atoms with Crippen LogP contribution in [-0.4, -0.2) is 16.1 Å². The number of fused-ring (bicyclic) bond motifs is 2. The van der Waals surface area contributed by atoms with Gasteiger partial charge in [0, 0.05) is 5.41 Å². The van der Waals surface area contributed by atoms with Crippen LogP contribution in [0.2, 0.25) is 0 Å². The first-order valence-corrected chi connectivity index (χ1v) is 7.54. The molecule has 19 heavy (non-hydrogen) atoms. The maximum atomic E-state index is 6.13. The Hall–Kier alpha value is -0.830. The summed E-state index contributed by atoms with van der Waals surface area (Å²) < 4.78 is 6.13. The third-order valence-electron chi connectivity index (χ3n) is 5.80. The molecule has 1 aromatic rings. The standard InChI is InChI=1S/C15H21ClN2O/c1-14(2)10-4-5-15(14,3)12(6-10)19-13-9-17-11(7-16)8-18-13/h8-10,12H,4-7H2,1-3H3. The molecule has 0 radical (unpaired) electrons. The van der Waals surface area contributed by atoms with Crippen LogP contribution in [0.25, 0.3) is 0 Å². The van der Waals surface area contributed by atoms with Crippen molar-refractivity contribution in [3.8, 4) is 5.88 Å².